The van der Waals surface area contributed by atoms with Crippen molar-refractivity contribution in [1.82, 2.24) is 0 Å². The van der Waals surface area contributed by atoms with Crippen LogP contribution in [0, 0.1) is 0 Å². The van der Waals surface area contributed by atoms with E-state index in [-0.39, 0.29) is 25.9 Å². The summed E-state index contributed by atoms with van der Waals surface area (Å²) >= 11 is 0. The van der Waals surface area contributed by atoms with Gasteiger partial charge in [0.15, 0.2) is 0 Å². The zero-order valence-electron chi connectivity index (χ0n) is 14.4. The molecule has 3 heteroatoms. The van der Waals surface area contributed by atoms with E-state index in [1.807, 2.05) is 64.6 Å². The Morgan fingerprint density at radius 2 is 0.842 bits per heavy atom. The minimum absolute atomic E-state index is 0. The predicted octanol–water partition coefficient (Wildman–Crippen LogP) is 3.35. The number of benzene rings is 2. The summed E-state index contributed by atoms with van der Waals surface area (Å²) in [5, 5.41) is 0. The van der Waals surface area contributed by atoms with E-state index >= 15 is 0 Å². The van der Waals surface area contributed by atoms with Gasteiger partial charge in [0.1, 0.15) is 0 Å². The zero-order valence-corrected chi connectivity index (χ0v) is 13.8. The standard InChI is InChI=1S/2C8H11N.Mg.2H/c2*1-9(2)8-6-4-3-5-7-8;;;/h2*3-7H,1-2H3;;;/q;;+2;2*-1. The Morgan fingerprint density at radius 1 is 0.579 bits per heavy atom. The second-order valence-electron chi connectivity index (χ2n) is 4.46. The fourth-order valence-electron chi connectivity index (χ4n) is 1.45. The number of hydrogen-bond donors (Lipinski definition) is 0. The van der Waals surface area contributed by atoms with Gasteiger partial charge in [-0.25, -0.2) is 0 Å². The van der Waals surface area contributed by atoms with Crippen LogP contribution in [-0.4, -0.2) is 51.2 Å². The monoisotopic (exact) mass is 268 g/mol. The molecule has 0 N–H and O–H groups in total. The third kappa shape index (κ3) is 7.08. The normalized spacial score (nSPS) is 8.63. The van der Waals surface area contributed by atoms with Crippen molar-refractivity contribution in [2.45, 2.75) is 0 Å². The molecule has 2 rings (SSSR count). The van der Waals surface area contributed by atoms with Crippen LogP contribution < -0.4 is 9.80 Å². The van der Waals surface area contributed by atoms with Crippen molar-refractivity contribution < 1.29 is 2.85 Å². The van der Waals surface area contributed by atoms with Crippen molar-refractivity contribution in [2.75, 3.05) is 38.0 Å². The Labute approximate surface area is 136 Å². The van der Waals surface area contributed by atoms with Crippen LogP contribution in [0.2, 0.25) is 0 Å². The molecule has 0 saturated carbocycles. The Hall–Kier alpha value is -1.19. The molecule has 0 heterocycles. The minimum atomic E-state index is 0. The summed E-state index contributed by atoms with van der Waals surface area (Å²) < 4.78 is 0. The molecular formula is C16H24MgN2. The molecular weight excluding hydrogens is 244 g/mol. The summed E-state index contributed by atoms with van der Waals surface area (Å²) in [4.78, 5) is 4.17. The predicted molar refractivity (Wildman–Crippen MR) is 89.5 cm³/mol. The van der Waals surface area contributed by atoms with Gasteiger partial charge in [0.25, 0.3) is 0 Å². The Kier molecular flexibility index (Phi) is 9.09. The minimum Gasteiger partial charge on any atom is -1.00 e. The molecule has 0 bridgehead atoms. The van der Waals surface area contributed by atoms with Crippen LogP contribution in [0.15, 0.2) is 60.7 Å². The van der Waals surface area contributed by atoms with Crippen molar-refractivity contribution in [3.05, 3.63) is 60.7 Å². The van der Waals surface area contributed by atoms with Crippen molar-refractivity contribution in [1.29, 1.82) is 0 Å². The first-order chi connectivity index (χ1) is 8.61. The first-order valence-corrected chi connectivity index (χ1v) is 6.06. The van der Waals surface area contributed by atoms with Crippen LogP contribution in [-0.2, 0) is 0 Å². The molecule has 2 aromatic carbocycles. The third-order valence-electron chi connectivity index (χ3n) is 2.55. The van der Waals surface area contributed by atoms with E-state index in [1.165, 1.54) is 11.4 Å². The molecule has 2 aromatic rings. The molecule has 0 aliphatic heterocycles. The number of para-hydroxylation sites is 2. The Balaban J connectivity index is -0.000000270. The Bertz CT molecular complexity index is 393. The topological polar surface area (TPSA) is 6.48 Å². The van der Waals surface area contributed by atoms with Gasteiger partial charge in [0.2, 0.25) is 0 Å². The second kappa shape index (κ2) is 9.70. The molecule has 100 valence electrons. The molecule has 0 radical (unpaired) electrons. The maximum atomic E-state index is 2.08. The van der Waals surface area contributed by atoms with E-state index in [4.69, 9.17) is 0 Å². The summed E-state index contributed by atoms with van der Waals surface area (Å²) in [5.74, 6) is 0. The molecule has 0 aliphatic carbocycles. The van der Waals surface area contributed by atoms with Gasteiger partial charge in [-0.3, -0.25) is 0 Å². The number of hydrogen-bond acceptors (Lipinski definition) is 2. The molecule has 2 nitrogen and oxygen atoms in total. The van der Waals surface area contributed by atoms with Crippen LogP contribution in [0.5, 0.6) is 0 Å². The molecule has 0 amide bonds. The molecule has 0 fully saturated rings. The molecule has 0 aromatic heterocycles. The van der Waals surface area contributed by atoms with E-state index in [0.717, 1.165) is 0 Å². The van der Waals surface area contributed by atoms with Gasteiger partial charge in [-0.1, -0.05) is 36.4 Å². The van der Waals surface area contributed by atoms with Gasteiger partial charge in [0.05, 0.1) is 0 Å². The summed E-state index contributed by atoms with van der Waals surface area (Å²) in [6.45, 7) is 0. The second-order valence-corrected chi connectivity index (χ2v) is 4.46. The van der Waals surface area contributed by atoms with Crippen LogP contribution in [0.4, 0.5) is 11.4 Å². The SMILES string of the molecule is CN(C)c1ccccc1.CN(C)c1ccccc1.[H-].[H-].[Mg+2]. The first kappa shape index (κ1) is 17.8. The maximum Gasteiger partial charge on any atom is 2.00 e. The van der Waals surface area contributed by atoms with Gasteiger partial charge in [-0.05, 0) is 24.3 Å². The molecule has 0 spiro atoms. The number of rotatable bonds is 2. The van der Waals surface area contributed by atoms with Crippen LogP contribution >= 0.6 is 0 Å². The van der Waals surface area contributed by atoms with Crippen LogP contribution in [0.3, 0.4) is 0 Å². The van der Waals surface area contributed by atoms with Gasteiger partial charge in [-0.15, -0.1) is 0 Å². The fourth-order valence-corrected chi connectivity index (χ4v) is 1.45. The molecule has 19 heavy (non-hydrogen) atoms. The average Bonchev–Trinajstić information content (AvgIpc) is 2.41. The zero-order chi connectivity index (χ0) is 13.4. The van der Waals surface area contributed by atoms with E-state index in [2.05, 4.69) is 34.1 Å². The Morgan fingerprint density at radius 3 is 1.00 bits per heavy atom. The molecule has 0 atom stereocenters. The average molecular weight is 269 g/mol. The van der Waals surface area contributed by atoms with Gasteiger partial charge < -0.3 is 12.7 Å². The summed E-state index contributed by atoms with van der Waals surface area (Å²) in [5.41, 5.74) is 2.50. The van der Waals surface area contributed by atoms with Crippen molar-refractivity contribution in [3.8, 4) is 0 Å². The van der Waals surface area contributed by atoms with E-state index in [9.17, 15) is 0 Å². The fraction of sp³-hybridized carbons (Fsp3) is 0.250. The van der Waals surface area contributed by atoms with Crippen molar-refractivity contribution in [2.24, 2.45) is 0 Å². The van der Waals surface area contributed by atoms with E-state index in [0.29, 0.717) is 0 Å². The van der Waals surface area contributed by atoms with E-state index in [1.54, 1.807) is 0 Å². The van der Waals surface area contributed by atoms with Crippen LogP contribution in [0.1, 0.15) is 2.85 Å². The van der Waals surface area contributed by atoms with E-state index < -0.39 is 0 Å². The maximum absolute atomic E-state index is 2.08. The van der Waals surface area contributed by atoms with Crippen molar-refractivity contribution >= 4 is 34.4 Å². The summed E-state index contributed by atoms with van der Waals surface area (Å²) in [6, 6.07) is 20.5. The smallest absolute Gasteiger partial charge is 1.00 e. The quantitative estimate of drug-likeness (QED) is 0.771. The first-order valence-electron chi connectivity index (χ1n) is 6.06. The molecule has 0 aliphatic rings. The van der Waals surface area contributed by atoms with Crippen LogP contribution in [0.25, 0.3) is 0 Å². The summed E-state index contributed by atoms with van der Waals surface area (Å²) in [7, 11) is 8.15. The molecule has 0 saturated heterocycles. The molecule has 0 unspecified atom stereocenters. The summed E-state index contributed by atoms with van der Waals surface area (Å²) in [6.07, 6.45) is 0. The van der Waals surface area contributed by atoms with Gasteiger partial charge in [-0.2, -0.15) is 0 Å². The van der Waals surface area contributed by atoms with Gasteiger partial charge in [0, 0.05) is 39.6 Å². The van der Waals surface area contributed by atoms with Gasteiger partial charge >= 0.3 is 23.1 Å². The number of anilines is 2. The third-order valence-corrected chi connectivity index (χ3v) is 2.55. The van der Waals surface area contributed by atoms with Crippen molar-refractivity contribution in [3.63, 3.8) is 0 Å². The number of nitrogens with zero attached hydrogens (tertiary/aromatic N) is 2. The largest absolute Gasteiger partial charge is 2.00 e.